The van der Waals surface area contributed by atoms with E-state index >= 15 is 0 Å². The first-order chi connectivity index (χ1) is 8.19. The monoisotopic (exact) mass is 271 g/mol. The molecule has 2 rings (SSSR count). The van der Waals surface area contributed by atoms with Gasteiger partial charge in [-0.3, -0.25) is 4.79 Å². The van der Waals surface area contributed by atoms with Crippen LogP contribution >= 0.6 is 0 Å². The van der Waals surface area contributed by atoms with Crippen molar-refractivity contribution in [3.8, 4) is 6.07 Å². The summed E-state index contributed by atoms with van der Waals surface area (Å²) in [5, 5.41) is 9.36. The molecule has 0 bridgehead atoms. The van der Waals surface area contributed by atoms with Crippen molar-refractivity contribution in [1.29, 1.82) is 5.26 Å². The fraction of sp³-hybridized carbons (Fsp3) is 0.818. The Morgan fingerprint density at radius 2 is 1.78 bits per heavy atom. The van der Waals surface area contributed by atoms with Crippen molar-refractivity contribution in [3.05, 3.63) is 0 Å². The molecule has 0 unspecified atom stereocenters. The van der Waals surface area contributed by atoms with Gasteiger partial charge in [0.15, 0.2) is 4.75 Å². The number of carbonyl (C=O) groups excluding carboxylic acids is 1. The maximum atomic E-state index is 12.2. The van der Waals surface area contributed by atoms with E-state index in [4.69, 9.17) is 0 Å². The maximum absolute atomic E-state index is 12.2. The quantitative estimate of drug-likeness (QED) is 0.666. The molecular weight excluding hydrogens is 254 g/mol. The summed E-state index contributed by atoms with van der Waals surface area (Å²) in [5.74, 6) is -0.464. The van der Waals surface area contributed by atoms with E-state index in [0.717, 1.165) is 4.31 Å². The number of hydrogen-bond acceptors (Lipinski definition) is 5. The Kier molecular flexibility index (Phi) is 2.72. The van der Waals surface area contributed by atoms with Crippen LogP contribution in [0.25, 0.3) is 0 Å². The molecule has 0 atom stereocenters. The van der Waals surface area contributed by atoms with Gasteiger partial charge in [-0.1, -0.05) is 0 Å². The van der Waals surface area contributed by atoms with Crippen LogP contribution in [-0.4, -0.2) is 54.0 Å². The molecule has 0 saturated carbocycles. The molecule has 1 amide bonds. The third-order valence-corrected chi connectivity index (χ3v) is 6.46. The zero-order chi connectivity index (χ0) is 13.8. The second-order valence-electron chi connectivity index (χ2n) is 5.53. The van der Waals surface area contributed by atoms with E-state index in [1.165, 1.54) is 13.8 Å². The van der Waals surface area contributed by atoms with Gasteiger partial charge in [-0.25, -0.2) is 12.7 Å². The first kappa shape index (κ1) is 13.3. The Morgan fingerprint density at radius 1 is 1.28 bits per heavy atom. The minimum Gasteiger partial charge on any atom is -0.306 e. The summed E-state index contributed by atoms with van der Waals surface area (Å²) < 4.78 is 23.8. The average Bonchev–Trinajstić information content (AvgIpc) is 2.32. The number of likely N-dealkylation sites (tertiary alicyclic amines) is 1. The van der Waals surface area contributed by atoms with E-state index in [-0.39, 0.29) is 0 Å². The van der Waals surface area contributed by atoms with Gasteiger partial charge >= 0.3 is 0 Å². The van der Waals surface area contributed by atoms with E-state index in [0.29, 0.717) is 25.9 Å². The van der Waals surface area contributed by atoms with Gasteiger partial charge in [0, 0.05) is 13.1 Å². The van der Waals surface area contributed by atoms with Crippen LogP contribution in [0, 0.1) is 11.3 Å². The largest absolute Gasteiger partial charge is 0.306 e. The molecule has 2 saturated heterocycles. The number of piperidine rings is 1. The van der Waals surface area contributed by atoms with E-state index in [2.05, 4.69) is 6.07 Å². The van der Waals surface area contributed by atoms with E-state index in [9.17, 15) is 18.5 Å². The first-order valence-corrected chi connectivity index (χ1v) is 7.32. The van der Waals surface area contributed by atoms with Crippen molar-refractivity contribution in [2.75, 3.05) is 20.1 Å². The fourth-order valence-corrected chi connectivity index (χ4v) is 4.19. The number of sulfonamides is 1. The van der Waals surface area contributed by atoms with Crippen molar-refractivity contribution in [2.24, 2.45) is 0 Å². The summed E-state index contributed by atoms with van der Waals surface area (Å²) in [6, 6.07) is 2.06. The minimum atomic E-state index is -3.69. The van der Waals surface area contributed by atoms with Gasteiger partial charge in [-0.05, 0) is 33.7 Å². The van der Waals surface area contributed by atoms with E-state index in [1.807, 2.05) is 11.9 Å². The molecule has 18 heavy (non-hydrogen) atoms. The van der Waals surface area contributed by atoms with Gasteiger partial charge in [0.2, 0.25) is 0 Å². The Bertz CT molecular complexity index is 524. The number of carbonyl (C=O) groups is 1. The predicted molar refractivity (Wildman–Crippen MR) is 64.9 cm³/mol. The van der Waals surface area contributed by atoms with E-state index in [1.54, 1.807) is 0 Å². The van der Waals surface area contributed by atoms with E-state index < -0.39 is 26.2 Å². The standard InChI is InChI=1S/C11H17N3O3S/c1-10(2)9(15)14(18(10,16)17)11(8-12)4-6-13(3)7-5-11/h4-7H2,1-3H3. The summed E-state index contributed by atoms with van der Waals surface area (Å²) in [6.45, 7) is 4.02. The van der Waals surface area contributed by atoms with Crippen LogP contribution in [0.1, 0.15) is 26.7 Å². The highest BCUT2D eigenvalue weighted by Gasteiger charge is 2.67. The minimum absolute atomic E-state index is 0.376. The average molecular weight is 271 g/mol. The lowest BCUT2D eigenvalue weighted by Crippen LogP contribution is -2.74. The molecule has 2 heterocycles. The third-order valence-electron chi connectivity index (χ3n) is 4.00. The van der Waals surface area contributed by atoms with Crippen molar-refractivity contribution in [2.45, 2.75) is 37.0 Å². The fourth-order valence-electron chi connectivity index (χ4n) is 2.43. The molecule has 0 N–H and O–H groups in total. The maximum Gasteiger partial charge on any atom is 0.260 e. The first-order valence-electron chi connectivity index (χ1n) is 5.88. The smallest absolute Gasteiger partial charge is 0.260 e. The molecule has 100 valence electrons. The van der Waals surface area contributed by atoms with Crippen LogP contribution < -0.4 is 0 Å². The summed E-state index contributed by atoms with van der Waals surface area (Å²) in [5.41, 5.74) is -1.18. The summed E-state index contributed by atoms with van der Waals surface area (Å²) in [7, 11) is -1.78. The summed E-state index contributed by atoms with van der Waals surface area (Å²) >= 11 is 0. The van der Waals surface area contributed by atoms with Crippen LogP contribution in [0.5, 0.6) is 0 Å². The van der Waals surface area contributed by atoms with Crippen LogP contribution in [0.15, 0.2) is 0 Å². The summed E-state index contributed by atoms with van der Waals surface area (Å²) in [4.78, 5) is 14.1. The zero-order valence-corrected chi connectivity index (χ0v) is 11.6. The highest BCUT2D eigenvalue weighted by atomic mass is 32.2. The third kappa shape index (κ3) is 1.42. The summed E-state index contributed by atoms with van der Waals surface area (Å²) in [6.07, 6.45) is 0.752. The molecule has 0 aromatic heterocycles. The van der Waals surface area contributed by atoms with Crippen molar-refractivity contribution < 1.29 is 13.2 Å². The van der Waals surface area contributed by atoms with Crippen molar-refractivity contribution in [3.63, 3.8) is 0 Å². The van der Waals surface area contributed by atoms with Gasteiger partial charge in [-0.2, -0.15) is 5.26 Å². The SMILES string of the molecule is CN1CCC(C#N)(N2C(=O)C(C)(C)S2(=O)=O)CC1. The van der Waals surface area contributed by atoms with Crippen LogP contribution in [0.3, 0.4) is 0 Å². The molecule has 0 radical (unpaired) electrons. The van der Waals surface area contributed by atoms with Gasteiger partial charge in [0.25, 0.3) is 15.9 Å². The second-order valence-corrected chi connectivity index (χ2v) is 7.87. The Labute approximate surface area is 107 Å². The second kappa shape index (κ2) is 3.68. The highest BCUT2D eigenvalue weighted by Crippen LogP contribution is 2.44. The predicted octanol–water partition coefficient (Wildman–Crippen LogP) is -0.0750. The lowest BCUT2D eigenvalue weighted by atomic mass is 9.88. The molecule has 0 spiro atoms. The van der Waals surface area contributed by atoms with Crippen LogP contribution in [0.2, 0.25) is 0 Å². The molecular formula is C11H17N3O3S. The van der Waals surface area contributed by atoms with Crippen molar-refractivity contribution in [1.82, 2.24) is 9.21 Å². The highest BCUT2D eigenvalue weighted by molar-refractivity contribution is 7.94. The lowest BCUT2D eigenvalue weighted by Gasteiger charge is -2.52. The molecule has 2 aliphatic heterocycles. The number of nitriles is 1. The van der Waals surface area contributed by atoms with Gasteiger partial charge < -0.3 is 4.90 Å². The van der Waals surface area contributed by atoms with Gasteiger partial charge in [0.05, 0.1) is 6.07 Å². The molecule has 6 nitrogen and oxygen atoms in total. The van der Waals surface area contributed by atoms with Crippen LogP contribution in [-0.2, 0) is 14.8 Å². The zero-order valence-electron chi connectivity index (χ0n) is 10.8. The number of hydrogen-bond donors (Lipinski definition) is 0. The molecule has 2 fully saturated rings. The topological polar surface area (TPSA) is 81.5 Å². The molecule has 0 aliphatic carbocycles. The van der Waals surface area contributed by atoms with Crippen molar-refractivity contribution >= 4 is 15.9 Å². The number of nitrogens with zero attached hydrogens (tertiary/aromatic N) is 3. The Balaban J connectivity index is 2.38. The lowest BCUT2D eigenvalue weighted by molar-refractivity contribution is -0.136. The number of amides is 1. The van der Waals surface area contributed by atoms with Crippen LogP contribution in [0.4, 0.5) is 0 Å². The molecule has 7 heteroatoms. The van der Waals surface area contributed by atoms with Gasteiger partial charge in [0.1, 0.15) is 5.54 Å². The Morgan fingerprint density at radius 3 is 2.17 bits per heavy atom. The van der Waals surface area contributed by atoms with Gasteiger partial charge in [-0.15, -0.1) is 0 Å². The Hall–Kier alpha value is -1.13. The molecule has 2 aliphatic rings. The molecule has 0 aromatic rings. The normalized spacial score (nSPS) is 29.4. The number of rotatable bonds is 1. The molecule has 0 aromatic carbocycles.